The van der Waals surface area contributed by atoms with Gasteiger partial charge in [0.2, 0.25) is 0 Å². The Morgan fingerprint density at radius 1 is 0.914 bits per heavy atom. The predicted octanol–water partition coefficient (Wildman–Crippen LogP) is 6.58. The van der Waals surface area contributed by atoms with E-state index in [9.17, 15) is 0 Å². The lowest BCUT2D eigenvalue weighted by atomic mass is 9.76. The maximum Gasteiger partial charge on any atom is 0.116 e. The first-order valence-electron chi connectivity index (χ1n) is 14.2. The number of nitrogens with zero attached hydrogens (tertiary/aromatic N) is 5. The van der Waals surface area contributed by atoms with Gasteiger partial charge in [-0.1, -0.05) is 51.2 Å². The number of fused-ring (bicyclic) bond motifs is 3. The van der Waals surface area contributed by atoms with Crippen molar-refractivity contribution in [3.63, 3.8) is 0 Å². The van der Waals surface area contributed by atoms with Crippen molar-refractivity contribution in [1.82, 2.24) is 24.4 Å². The van der Waals surface area contributed by atoms with Gasteiger partial charge in [-0.3, -0.25) is 14.9 Å². The molecule has 0 N–H and O–H groups in total. The molecule has 2 saturated carbocycles. The molecule has 2 bridgehead atoms. The van der Waals surface area contributed by atoms with E-state index in [1.165, 1.54) is 82.7 Å². The third-order valence-corrected chi connectivity index (χ3v) is 9.17. The Bertz CT molecular complexity index is 1090. The molecule has 0 radical (unpaired) electrons. The minimum atomic E-state index is 0.507. The van der Waals surface area contributed by atoms with Crippen molar-refractivity contribution in [3.05, 3.63) is 54.4 Å². The molecule has 186 valence electrons. The highest BCUT2D eigenvalue weighted by Crippen LogP contribution is 2.43. The molecule has 1 aliphatic heterocycles. The lowest BCUT2D eigenvalue weighted by Crippen LogP contribution is -2.51. The second kappa shape index (κ2) is 10.4. The fourth-order valence-electron chi connectivity index (χ4n) is 7.73. The normalized spacial score (nSPS) is 29.8. The minimum absolute atomic E-state index is 0.507. The monoisotopic (exact) mass is 471 g/mol. The van der Waals surface area contributed by atoms with E-state index >= 15 is 0 Å². The maximum atomic E-state index is 5.09. The number of rotatable bonds is 6. The Kier molecular flexibility index (Phi) is 6.86. The number of hydrogen-bond acceptors (Lipinski definition) is 4. The summed E-state index contributed by atoms with van der Waals surface area (Å²) in [6, 6.07) is 10.7. The van der Waals surface area contributed by atoms with Gasteiger partial charge in [0.05, 0.1) is 16.7 Å². The van der Waals surface area contributed by atoms with Gasteiger partial charge in [-0.05, 0) is 62.5 Å². The molecule has 3 heterocycles. The number of aromatic nitrogens is 4. The lowest BCUT2D eigenvalue weighted by molar-refractivity contribution is 0.0233. The van der Waals surface area contributed by atoms with Crippen LogP contribution in [0.5, 0.6) is 0 Å². The maximum absolute atomic E-state index is 5.09. The van der Waals surface area contributed by atoms with Crippen LogP contribution < -0.4 is 0 Å². The number of para-hydroxylation sites is 2. The van der Waals surface area contributed by atoms with Crippen molar-refractivity contribution in [2.45, 2.75) is 102 Å². The zero-order chi connectivity index (χ0) is 23.6. The second-order valence-electron chi connectivity index (χ2n) is 11.5. The van der Waals surface area contributed by atoms with Crippen LogP contribution in [-0.4, -0.2) is 43.0 Å². The smallest absolute Gasteiger partial charge is 0.116 e. The molecule has 3 fully saturated rings. The predicted molar refractivity (Wildman–Crippen MR) is 141 cm³/mol. The minimum Gasteiger partial charge on any atom is -0.324 e. The molecule has 3 aromatic rings. The topological polar surface area (TPSA) is 46.8 Å². The van der Waals surface area contributed by atoms with E-state index in [1.54, 1.807) is 12.4 Å². The molecule has 5 heteroatoms. The number of likely N-dealkylation sites (tertiary alicyclic amines) is 1. The number of hydrogen-bond donors (Lipinski definition) is 0. The fraction of sp³-hybridized carbons (Fsp3) is 0.633. The zero-order valence-electron chi connectivity index (χ0n) is 21.4. The molecule has 2 aromatic heterocycles. The van der Waals surface area contributed by atoms with Gasteiger partial charge in [0.15, 0.2) is 0 Å². The summed E-state index contributed by atoms with van der Waals surface area (Å²) >= 11 is 0. The molecule has 6 rings (SSSR count). The van der Waals surface area contributed by atoms with E-state index in [0.717, 1.165) is 41.3 Å². The average molecular weight is 472 g/mol. The molecule has 35 heavy (non-hydrogen) atoms. The van der Waals surface area contributed by atoms with Crippen molar-refractivity contribution < 1.29 is 0 Å². The quantitative estimate of drug-likeness (QED) is 0.407. The standard InChI is InChI=1S/C30H41N5/c1-2-7-25-20-26(12-15-34(25)27-17-22-8-3-4-9-23(16-22)18-27)35-29-11-6-5-10-28(29)33-30(35)19-24-21-31-13-14-32-24/h5-6,10-11,13-14,21-23,25-27H,2-4,7-9,12,15-20H2,1H3/t22-,23+,25-,26-,27-/m1/s1. The molecule has 3 aliphatic rings. The van der Waals surface area contributed by atoms with Crippen molar-refractivity contribution >= 4 is 11.0 Å². The summed E-state index contributed by atoms with van der Waals surface area (Å²) in [5, 5.41) is 0. The third-order valence-electron chi connectivity index (χ3n) is 9.17. The van der Waals surface area contributed by atoms with Gasteiger partial charge in [-0.2, -0.15) is 0 Å². The van der Waals surface area contributed by atoms with Gasteiger partial charge in [0.1, 0.15) is 5.82 Å². The SMILES string of the molecule is CCC[C@@H]1C[C@H](n2c(Cc3cnccn3)nc3ccccc32)CCN1[C@@H]1C[C@@H]2CCCC[C@@H](C2)C1. The van der Waals surface area contributed by atoms with Crippen LogP contribution in [-0.2, 0) is 6.42 Å². The summed E-state index contributed by atoms with van der Waals surface area (Å²) in [5.41, 5.74) is 3.39. The Labute approximate surface area is 210 Å². The molecular formula is C30H41N5. The van der Waals surface area contributed by atoms with Gasteiger partial charge in [-0.25, -0.2) is 4.98 Å². The molecule has 1 aromatic carbocycles. The van der Waals surface area contributed by atoms with E-state index in [4.69, 9.17) is 4.98 Å². The van der Waals surface area contributed by atoms with E-state index in [-0.39, 0.29) is 0 Å². The highest BCUT2D eigenvalue weighted by molar-refractivity contribution is 5.76. The summed E-state index contributed by atoms with van der Waals surface area (Å²) in [7, 11) is 0. The molecule has 5 atom stereocenters. The van der Waals surface area contributed by atoms with Crippen LogP contribution in [0.4, 0.5) is 0 Å². The van der Waals surface area contributed by atoms with Crippen LogP contribution in [0, 0.1) is 11.8 Å². The Morgan fingerprint density at radius 2 is 1.74 bits per heavy atom. The van der Waals surface area contributed by atoms with E-state index in [0.29, 0.717) is 12.1 Å². The summed E-state index contributed by atoms with van der Waals surface area (Å²) in [5.74, 6) is 3.11. The van der Waals surface area contributed by atoms with Gasteiger partial charge >= 0.3 is 0 Å². The van der Waals surface area contributed by atoms with Crippen molar-refractivity contribution in [1.29, 1.82) is 0 Å². The molecule has 2 aliphatic carbocycles. The van der Waals surface area contributed by atoms with Crippen LogP contribution in [0.1, 0.15) is 95.1 Å². The fourth-order valence-corrected chi connectivity index (χ4v) is 7.73. The van der Waals surface area contributed by atoms with E-state index in [1.807, 2.05) is 6.20 Å². The van der Waals surface area contributed by atoms with Gasteiger partial charge < -0.3 is 4.57 Å². The van der Waals surface area contributed by atoms with Gasteiger partial charge in [0.25, 0.3) is 0 Å². The Morgan fingerprint density at radius 3 is 2.51 bits per heavy atom. The first-order chi connectivity index (χ1) is 17.3. The molecule has 0 amide bonds. The summed E-state index contributed by atoms with van der Waals surface area (Å²) < 4.78 is 2.57. The van der Waals surface area contributed by atoms with Crippen molar-refractivity contribution in [2.75, 3.05) is 6.54 Å². The van der Waals surface area contributed by atoms with Gasteiger partial charge in [-0.15, -0.1) is 0 Å². The Hall–Kier alpha value is -2.27. The summed E-state index contributed by atoms with van der Waals surface area (Å²) in [4.78, 5) is 16.9. The molecule has 5 nitrogen and oxygen atoms in total. The lowest BCUT2D eigenvalue weighted by Gasteiger charge is -2.48. The summed E-state index contributed by atoms with van der Waals surface area (Å²) in [6.45, 7) is 3.60. The average Bonchev–Trinajstić information content (AvgIpc) is 3.15. The molecule has 0 spiro atoms. The number of piperidine rings is 1. The molecule has 0 unspecified atom stereocenters. The third kappa shape index (κ3) is 4.89. The van der Waals surface area contributed by atoms with E-state index in [2.05, 4.69) is 50.6 Å². The zero-order valence-corrected chi connectivity index (χ0v) is 21.4. The summed E-state index contributed by atoms with van der Waals surface area (Å²) in [6.07, 6.45) is 21.5. The largest absolute Gasteiger partial charge is 0.324 e. The molecular weight excluding hydrogens is 430 g/mol. The van der Waals surface area contributed by atoms with E-state index < -0.39 is 0 Å². The van der Waals surface area contributed by atoms with Gasteiger partial charge in [0, 0.05) is 49.7 Å². The van der Waals surface area contributed by atoms with Crippen LogP contribution in [0.25, 0.3) is 11.0 Å². The van der Waals surface area contributed by atoms with Crippen molar-refractivity contribution in [2.24, 2.45) is 11.8 Å². The van der Waals surface area contributed by atoms with Crippen molar-refractivity contribution in [3.8, 4) is 0 Å². The second-order valence-corrected chi connectivity index (χ2v) is 11.5. The van der Waals surface area contributed by atoms with Crippen LogP contribution in [0.15, 0.2) is 42.9 Å². The first-order valence-corrected chi connectivity index (χ1v) is 14.2. The number of imidazole rings is 1. The first kappa shape index (κ1) is 23.1. The Balaban J connectivity index is 1.27. The van der Waals surface area contributed by atoms with Crippen LogP contribution in [0.2, 0.25) is 0 Å². The highest BCUT2D eigenvalue weighted by Gasteiger charge is 2.39. The highest BCUT2D eigenvalue weighted by atomic mass is 15.2. The number of benzene rings is 1. The van der Waals surface area contributed by atoms with Crippen LogP contribution in [0.3, 0.4) is 0 Å². The molecule has 1 saturated heterocycles. The van der Waals surface area contributed by atoms with Crippen LogP contribution >= 0.6 is 0 Å².